The van der Waals surface area contributed by atoms with E-state index in [4.69, 9.17) is 0 Å². The van der Waals surface area contributed by atoms with Crippen molar-refractivity contribution in [2.24, 2.45) is 0 Å². The van der Waals surface area contributed by atoms with E-state index >= 15 is 0 Å². The molecule has 1 amide bonds. The molecule has 1 aliphatic heterocycles. The number of hydrogen-bond acceptors (Lipinski definition) is 4. The molecule has 0 spiro atoms. The van der Waals surface area contributed by atoms with Crippen LogP contribution in [-0.4, -0.2) is 49.2 Å². The molecular formula is C16H17FN4O3. The number of likely N-dealkylation sites (tertiary alicyclic amines) is 1. The Morgan fingerprint density at radius 2 is 2.12 bits per heavy atom. The number of aliphatic carboxylic acids is 1. The van der Waals surface area contributed by atoms with Gasteiger partial charge in [-0.25, -0.2) is 18.9 Å². The summed E-state index contributed by atoms with van der Waals surface area (Å²) in [6.45, 7) is 2.18. The number of benzene rings is 1. The summed E-state index contributed by atoms with van der Waals surface area (Å²) < 4.78 is 15.3. The van der Waals surface area contributed by atoms with E-state index < -0.39 is 23.7 Å². The average Bonchev–Trinajstić information content (AvgIpc) is 3.21. The number of carbonyl (C=O) groups is 2. The molecule has 0 unspecified atom stereocenters. The summed E-state index contributed by atoms with van der Waals surface area (Å²) >= 11 is 0. The summed E-state index contributed by atoms with van der Waals surface area (Å²) in [5.41, 5.74) is 0.206. The molecule has 0 bridgehead atoms. The van der Waals surface area contributed by atoms with Crippen molar-refractivity contribution in [3.63, 3.8) is 0 Å². The Hall–Kier alpha value is -2.77. The molecule has 1 atom stereocenters. The number of nitrogens with zero attached hydrogens (tertiary/aromatic N) is 4. The summed E-state index contributed by atoms with van der Waals surface area (Å²) in [4.78, 5) is 29.3. The third kappa shape index (κ3) is 2.75. The number of carboxylic acids is 1. The van der Waals surface area contributed by atoms with Gasteiger partial charge in [-0.05, 0) is 25.0 Å². The van der Waals surface area contributed by atoms with Crippen molar-refractivity contribution in [3.8, 4) is 5.69 Å². The molecule has 126 valence electrons. The Labute approximate surface area is 137 Å². The number of aromatic nitrogens is 3. The first kappa shape index (κ1) is 16.1. The Morgan fingerprint density at radius 1 is 1.38 bits per heavy atom. The summed E-state index contributed by atoms with van der Waals surface area (Å²) in [6.07, 6.45) is 1.49. The van der Waals surface area contributed by atoms with Crippen molar-refractivity contribution in [3.05, 3.63) is 41.7 Å². The van der Waals surface area contributed by atoms with E-state index in [0.29, 0.717) is 31.6 Å². The molecule has 1 aromatic carbocycles. The monoisotopic (exact) mass is 332 g/mol. The van der Waals surface area contributed by atoms with Gasteiger partial charge in [0.05, 0.1) is 0 Å². The quantitative estimate of drug-likeness (QED) is 0.920. The molecule has 0 radical (unpaired) electrons. The Morgan fingerprint density at radius 3 is 2.79 bits per heavy atom. The third-order valence-corrected chi connectivity index (χ3v) is 4.06. The highest BCUT2D eigenvalue weighted by Crippen LogP contribution is 2.21. The summed E-state index contributed by atoms with van der Waals surface area (Å²) in [5.74, 6) is -1.71. The maximum Gasteiger partial charge on any atom is 0.326 e. The molecule has 1 aromatic heterocycles. The van der Waals surface area contributed by atoms with E-state index in [0.717, 1.165) is 0 Å². The lowest BCUT2D eigenvalue weighted by Gasteiger charge is -2.19. The fourth-order valence-corrected chi connectivity index (χ4v) is 2.88. The highest BCUT2D eigenvalue weighted by atomic mass is 19.1. The molecule has 1 N–H and O–H groups in total. The second kappa shape index (κ2) is 6.38. The minimum atomic E-state index is -1.04. The van der Waals surface area contributed by atoms with Gasteiger partial charge in [0.1, 0.15) is 23.4 Å². The zero-order valence-corrected chi connectivity index (χ0v) is 13.1. The van der Waals surface area contributed by atoms with Crippen LogP contribution in [0.1, 0.15) is 36.2 Å². The van der Waals surface area contributed by atoms with Crippen molar-refractivity contribution >= 4 is 11.9 Å². The molecule has 2 aromatic rings. The molecular weight excluding hydrogens is 315 g/mol. The molecule has 3 rings (SSSR count). The van der Waals surface area contributed by atoms with Crippen LogP contribution in [0.4, 0.5) is 4.39 Å². The molecule has 1 saturated heterocycles. The van der Waals surface area contributed by atoms with Crippen LogP contribution in [0.15, 0.2) is 24.3 Å². The lowest BCUT2D eigenvalue weighted by Crippen LogP contribution is -2.40. The predicted octanol–water partition coefficient (Wildman–Crippen LogP) is 1.66. The number of rotatable bonds is 4. The largest absolute Gasteiger partial charge is 0.480 e. The highest BCUT2D eigenvalue weighted by molar-refractivity contribution is 5.93. The minimum absolute atomic E-state index is 0.108. The molecule has 1 fully saturated rings. The normalized spacial score (nSPS) is 17.2. The van der Waals surface area contributed by atoms with Gasteiger partial charge in [0.25, 0.3) is 5.91 Å². The molecule has 0 aliphatic carbocycles. The van der Waals surface area contributed by atoms with Gasteiger partial charge in [-0.3, -0.25) is 4.79 Å². The van der Waals surface area contributed by atoms with E-state index in [1.807, 2.05) is 6.92 Å². The number of aryl methyl sites for hydroxylation is 1. The first-order chi connectivity index (χ1) is 11.5. The lowest BCUT2D eigenvalue weighted by molar-refractivity contribution is -0.141. The molecule has 0 saturated carbocycles. The van der Waals surface area contributed by atoms with Crippen molar-refractivity contribution < 1.29 is 19.1 Å². The van der Waals surface area contributed by atoms with Crippen molar-refractivity contribution in [1.29, 1.82) is 0 Å². The van der Waals surface area contributed by atoms with Gasteiger partial charge in [-0.1, -0.05) is 19.1 Å². The molecule has 2 heterocycles. The van der Waals surface area contributed by atoms with Gasteiger partial charge in [-0.15, -0.1) is 5.10 Å². The number of carbonyl (C=O) groups excluding carboxylic acids is 1. The van der Waals surface area contributed by atoms with E-state index in [9.17, 15) is 19.1 Å². The first-order valence-corrected chi connectivity index (χ1v) is 7.77. The van der Waals surface area contributed by atoms with Crippen LogP contribution in [0.3, 0.4) is 0 Å². The predicted molar refractivity (Wildman–Crippen MR) is 82.4 cm³/mol. The zero-order valence-electron chi connectivity index (χ0n) is 13.1. The van der Waals surface area contributed by atoms with Crippen LogP contribution >= 0.6 is 0 Å². The van der Waals surface area contributed by atoms with Crippen molar-refractivity contribution in [2.75, 3.05) is 6.54 Å². The lowest BCUT2D eigenvalue weighted by atomic mass is 10.2. The van der Waals surface area contributed by atoms with E-state index in [1.54, 1.807) is 18.2 Å². The standard InChI is InChI=1S/C16H17FN4O3/c1-2-13-18-14(15(22)20-9-5-8-12(20)16(23)24)19-21(13)11-7-4-3-6-10(11)17/h3-4,6-7,12H,2,5,8-9H2,1H3,(H,23,24)/t12-/m1/s1. The van der Waals surface area contributed by atoms with Crippen LogP contribution in [0.25, 0.3) is 5.69 Å². The van der Waals surface area contributed by atoms with Gasteiger partial charge in [-0.2, -0.15) is 0 Å². The third-order valence-electron chi connectivity index (χ3n) is 4.06. The average molecular weight is 332 g/mol. The van der Waals surface area contributed by atoms with Gasteiger partial charge < -0.3 is 10.0 Å². The van der Waals surface area contributed by atoms with Crippen molar-refractivity contribution in [1.82, 2.24) is 19.7 Å². The summed E-state index contributed by atoms with van der Waals surface area (Å²) in [6, 6.07) is 5.23. The van der Waals surface area contributed by atoms with Crippen LogP contribution in [-0.2, 0) is 11.2 Å². The van der Waals surface area contributed by atoms with Crippen molar-refractivity contribution in [2.45, 2.75) is 32.2 Å². The van der Waals surface area contributed by atoms with Gasteiger partial charge in [0, 0.05) is 13.0 Å². The fraction of sp³-hybridized carbons (Fsp3) is 0.375. The fourth-order valence-electron chi connectivity index (χ4n) is 2.88. The molecule has 24 heavy (non-hydrogen) atoms. The second-order valence-corrected chi connectivity index (χ2v) is 5.56. The molecule has 1 aliphatic rings. The van der Waals surface area contributed by atoms with Crippen LogP contribution in [0.2, 0.25) is 0 Å². The Balaban J connectivity index is 1.97. The number of para-hydroxylation sites is 1. The topological polar surface area (TPSA) is 88.3 Å². The Kier molecular flexibility index (Phi) is 4.28. The molecule has 7 nitrogen and oxygen atoms in total. The number of carboxylic acid groups (broad SMARTS) is 1. The second-order valence-electron chi connectivity index (χ2n) is 5.56. The zero-order chi connectivity index (χ0) is 17.3. The number of amides is 1. The van der Waals surface area contributed by atoms with E-state index in [1.165, 1.54) is 15.6 Å². The van der Waals surface area contributed by atoms with E-state index in [2.05, 4.69) is 10.1 Å². The summed E-state index contributed by atoms with van der Waals surface area (Å²) in [7, 11) is 0. The smallest absolute Gasteiger partial charge is 0.326 e. The van der Waals surface area contributed by atoms with Crippen LogP contribution in [0, 0.1) is 5.82 Å². The molecule has 8 heteroatoms. The number of halogens is 1. The van der Waals surface area contributed by atoms with E-state index in [-0.39, 0.29) is 11.5 Å². The van der Waals surface area contributed by atoms with Gasteiger partial charge >= 0.3 is 5.97 Å². The first-order valence-electron chi connectivity index (χ1n) is 7.77. The Bertz CT molecular complexity index is 789. The van der Waals surface area contributed by atoms with Gasteiger partial charge in [0.15, 0.2) is 0 Å². The maximum absolute atomic E-state index is 14.0. The highest BCUT2D eigenvalue weighted by Gasteiger charge is 2.36. The number of hydrogen-bond donors (Lipinski definition) is 1. The SMILES string of the molecule is CCc1nc(C(=O)N2CCC[C@@H]2C(=O)O)nn1-c1ccccc1F. The van der Waals surface area contributed by atoms with Crippen LogP contribution in [0.5, 0.6) is 0 Å². The van der Waals surface area contributed by atoms with Crippen LogP contribution < -0.4 is 0 Å². The maximum atomic E-state index is 14.0. The minimum Gasteiger partial charge on any atom is -0.480 e. The summed E-state index contributed by atoms with van der Waals surface area (Å²) in [5, 5.41) is 13.3. The van der Waals surface area contributed by atoms with Gasteiger partial charge in [0.2, 0.25) is 5.82 Å².